The summed E-state index contributed by atoms with van der Waals surface area (Å²) in [7, 11) is 0. The van der Waals surface area contributed by atoms with Crippen LogP contribution in [-0.4, -0.2) is 24.0 Å². The Labute approximate surface area is 176 Å². The summed E-state index contributed by atoms with van der Waals surface area (Å²) in [6, 6.07) is 18.0. The van der Waals surface area contributed by atoms with E-state index in [2.05, 4.69) is 11.4 Å². The number of fused-ring (bicyclic) bond motifs is 1. The predicted molar refractivity (Wildman–Crippen MR) is 118 cm³/mol. The van der Waals surface area contributed by atoms with Crippen molar-refractivity contribution in [3.63, 3.8) is 0 Å². The Balaban J connectivity index is 0.00000182. The smallest absolute Gasteiger partial charge is 0.230 e. The van der Waals surface area contributed by atoms with Crippen molar-refractivity contribution in [1.82, 2.24) is 10.3 Å². The normalized spacial score (nSPS) is 12.5. The van der Waals surface area contributed by atoms with Gasteiger partial charge in [-0.15, -0.1) is 36.2 Å². The van der Waals surface area contributed by atoms with E-state index in [1.807, 2.05) is 55.5 Å². The monoisotopic (exact) mass is 425 g/mol. The number of amides is 1. The van der Waals surface area contributed by atoms with Crippen LogP contribution in [0.15, 0.2) is 54.6 Å². The molecule has 4 nitrogen and oxygen atoms in total. The molecule has 0 aliphatic heterocycles. The quantitative estimate of drug-likeness (QED) is 0.559. The molecule has 0 fully saturated rings. The molecule has 0 aliphatic carbocycles. The van der Waals surface area contributed by atoms with Gasteiger partial charge in [0.2, 0.25) is 5.91 Å². The molecule has 1 aromatic heterocycles. The maximum absolute atomic E-state index is 13.0. The van der Waals surface area contributed by atoms with Gasteiger partial charge < -0.3 is 11.1 Å². The average molecular weight is 426 g/mol. The largest absolute Gasteiger partial charge is 0.355 e. The van der Waals surface area contributed by atoms with Gasteiger partial charge in [0.15, 0.2) is 0 Å². The molecular formula is C20H25Cl2N3OS. The molecule has 3 N–H and O–H groups in total. The number of nitrogens with zero attached hydrogens (tertiary/aromatic N) is 1. The highest BCUT2D eigenvalue weighted by Crippen LogP contribution is 2.32. The second kappa shape index (κ2) is 10.6. The lowest BCUT2D eigenvalue weighted by Crippen LogP contribution is -2.44. The number of benzene rings is 2. The van der Waals surface area contributed by atoms with E-state index >= 15 is 0 Å². The van der Waals surface area contributed by atoms with Gasteiger partial charge in [-0.05, 0) is 37.6 Å². The number of carbonyl (C=O) groups is 1. The van der Waals surface area contributed by atoms with Crippen LogP contribution in [-0.2, 0) is 16.6 Å². The molecule has 3 aromatic rings. The van der Waals surface area contributed by atoms with Gasteiger partial charge >= 0.3 is 0 Å². The number of nitrogens with two attached hydrogens (primary N) is 1. The average Bonchev–Trinajstić information content (AvgIpc) is 3.04. The van der Waals surface area contributed by atoms with E-state index < -0.39 is 5.41 Å². The first-order chi connectivity index (χ1) is 12.1. The highest BCUT2D eigenvalue weighted by atomic mass is 35.5. The minimum Gasteiger partial charge on any atom is -0.355 e. The molecule has 7 heteroatoms. The van der Waals surface area contributed by atoms with E-state index in [1.165, 1.54) is 0 Å². The summed E-state index contributed by atoms with van der Waals surface area (Å²) < 4.78 is 1.15. The fourth-order valence-electron chi connectivity index (χ4n) is 2.92. The van der Waals surface area contributed by atoms with Gasteiger partial charge in [-0.2, -0.15) is 0 Å². The number of hydrogen-bond acceptors (Lipinski definition) is 4. The summed E-state index contributed by atoms with van der Waals surface area (Å²) in [5.74, 6) is 0.0198. The lowest BCUT2D eigenvalue weighted by molar-refractivity contribution is -0.126. The van der Waals surface area contributed by atoms with Crippen molar-refractivity contribution < 1.29 is 4.79 Å². The van der Waals surface area contributed by atoms with Crippen molar-refractivity contribution >= 4 is 52.3 Å². The number of rotatable bonds is 7. The predicted octanol–water partition coefficient (Wildman–Crippen LogP) is 4.11. The molecule has 3 rings (SSSR count). The molecule has 0 bridgehead atoms. The zero-order valence-corrected chi connectivity index (χ0v) is 17.6. The zero-order valence-electron chi connectivity index (χ0n) is 15.2. The molecule has 1 atom stereocenters. The van der Waals surface area contributed by atoms with Gasteiger partial charge in [0.25, 0.3) is 0 Å². The fourth-order valence-corrected chi connectivity index (χ4v) is 4.04. The highest BCUT2D eigenvalue weighted by molar-refractivity contribution is 7.18. The fraction of sp³-hybridized carbons (Fsp3) is 0.300. The third-order valence-corrected chi connectivity index (χ3v) is 5.46. The van der Waals surface area contributed by atoms with Crippen LogP contribution in [0.2, 0.25) is 0 Å². The van der Waals surface area contributed by atoms with Crippen LogP contribution < -0.4 is 11.1 Å². The number of nitrogens with one attached hydrogen (secondary N) is 1. The molecule has 27 heavy (non-hydrogen) atoms. The van der Waals surface area contributed by atoms with E-state index in [4.69, 9.17) is 10.7 Å². The lowest BCUT2D eigenvalue weighted by Gasteiger charge is -2.28. The summed E-state index contributed by atoms with van der Waals surface area (Å²) in [5.41, 5.74) is 6.87. The van der Waals surface area contributed by atoms with E-state index in [0.29, 0.717) is 19.5 Å². The summed E-state index contributed by atoms with van der Waals surface area (Å²) in [5, 5.41) is 4.01. The number of hydrogen-bond donors (Lipinski definition) is 2. The zero-order chi connectivity index (χ0) is 17.7. The van der Waals surface area contributed by atoms with Gasteiger partial charge in [0, 0.05) is 13.0 Å². The van der Waals surface area contributed by atoms with Crippen LogP contribution in [0.3, 0.4) is 0 Å². The molecule has 2 aromatic carbocycles. The summed E-state index contributed by atoms with van der Waals surface area (Å²) in [4.78, 5) is 17.7. The summed E-state index contributed by atoms with van der Waals surface area (Å²) in [6.07, 6.45) is 1.35. The molecule has 0 radical (unpaired) electrons. The molecule has 1 heterocycles. The van der Waals surface area contributed by atoms with Crippen LogP contribution in [0, 0.1) is 0 Å². The Morgan fingerprint density at radius 3 is 2.44 bits per heavy atom. The number of thiazole rings is 1. The van der Waals surface area contributed by atoms with E-state index in [-0.39, 0.29) is 30.7 Å². The third-order valence-electron chi connectivity index (χ3n) is 4.42. The number of para-hydroxylation sites is 1. The minimum atomic E-state index is -0.663. The number of carbonyl (C=O) groups excluding carboxylic acids is 1. The standard InChI is InChI=1S/C20H23N3OS.2ClH/c1-20(15-8-3-2-4-9-15,19(24)22-13-7-12-21)14-18-23-16-10-5-6-11-17(16)25-18;;/h2-6,8-11H,7,12-14,21H2,1H3,(H,22,24);2*1H. The van der Waals surface area contributed by atoms with Crippen LogP contribution >= 0.6 is 36.2 Å². The molecule has 0 saturated heterocycles. The topological polar surface area (TPSA) is 68.0 Å². The maximum Gasteiger partial charge on any atom is 0.230 e. The number of halogens is 2. The Bertz CT molecular complexity index is 824. The third kappa shape index (κ3) is 5.42. The Hall–Kier alpha value is -1.66. The van der Waals surface area contributed by atoms with E-state index in [9.17, 15) is 4.79 Å². The molecule has 0 aliphatic rings. The molecule has 1 unspecified atom stereocenters. The van der Waals surface area contributed by atoms with Crippen molar-refractivity contribution in [1.29, 1.82) is 0 Å². The first kappa shape index (κ1) is 23.4. The van der Waals surface area contributed by atoms with Gasteiger partial charge in [-0.1, -0.05) is 42.5 Å². The first-order valence-electron chi connectivity index (χ1n) is 8.52. The van der Waals surface area contributed by atoms with Gasteiger partial charge in [-0.25, -0.2) is 4.98 Å². The van der Waals surface area contributed by atoms with Crippen molar-refractivity contribution in [3.05, 3.63) is 65.2 Å². The van der Waals surface area contributed by atoms with Crippen molar-refractivity contribution in [2.24, 2.45) is 5.73 Å². The molecule has 0 saturated carbocycles. The molecule has 1 amide bonds. The van der Waals surface area contributed by atoms with Gasteiger partial charge in [0.1, 0.15) is 0 Å². The first-order valence-corrected chi connectivity index (χ1v) is 9.33. The molecule has 0 spiro atoms. The van der Waals surface area contributed by atoms with Crippen molar-refractivity contribution in [2.45, 2.75) is 25.2 Å². The van der Waals surface area contributed by atoms with Crippen LogP contribution in [0.4, 0.5) is 0 Å². The molecule has 146 valence electrons. The molecular weight excluding hydrogens is 401 g/mol. The summed E-state index contributed by atoms with van der Waals surface area (Å²) in [6.45, 7) is 3.16. The van der Waals surface area contributed by atoms with Gasteiger partial charge in [0.05, 0.1) is 20.6 Å². The maximum atomic E-state index is 13.0. The van der Waals surface area contributed by atoms with Crippen molar-refractivity contribution in [3.8, 4) is 0 Å². The Morgan fingerprint density at radius 1 is 1.11 bits per heavy atom. The SMILES string of the molecule is CC(Cc1nc2ccccc2s1)(C(=O)NCCCN)c1ccccc1.Cl.Cl. The van der Waals surface area contributed by atoms with E-state index in [0.717, 1.165) is 27.2 Å². The Morgan fingerprint density at radius 2 is 1.78 bits per heavy atom. The van der Waals surface area contributed by atoms with Crippen LogP contribution in [0.5, 0.6) is 0 Å². The second-order valence-corrected chi connectivity index (χ2v) is 7.46. The lowest BCUT2D eigenvalue weighted by atomic mass is 9.78. The second-order valence-electron chi connectivity index (χ2n) is 6.35. The van der Waals surface area contributed by atoms with Crippen molar-refractivity contribution in [2.75, 3.05) is 13.1 Å². The van der Waals surface area contributed by atoms with Gasteiger partial charge in [-0.3, -0.25) is 4.79 Å². The van der Waals surface area contributed by atoms with E-state index in [1.54, 1.807) is 11.3 Å². The summed E-state index contributed by atoms with van der Waals surface area (Å²) >= 11 is 1.65. The highest BCUT2D eigenvalue weighted by Gasteiger charge is 2.36. The van der Waals surface area contributed by atoms with Crippen LogP contribution in [0.1, 0.15) is 23.9 Å². The minimum absolute atomic E-state index is 0. The number of aromatic nitrogens is 1. The van der Waals surface area contributed by atoms with Crippen LogP contribution in [0.25, 0.3) is 10.2 Å². The Kier molecular flexibility index (Phi) is 9.19.